The molecule has 1 aliphatic rings. The van der Waals surface area contributed by atoms with Crippen molar-refractivity contribution < 1.29 is 0 Å². The van der Waals surface area contributed by atoms with Gasteiger partial charge in [0, 0.05) is 51.3 Å². The third kappa shape index (κ3) is 4.65. The molecular formula is C18H31N9. The van der Waals surface area contributed by atoms with E-state index in [1.165, 1.54) is 5.56 Å². The number of nitrogens with one attached hydrogen (secondary N) is 2. The van der Waals surface area contributed by atoms with Crippen LogP contribution in [0.5, 0.6) is 0 Å². The van der Waals surface area contributed by atoms with Crippen molar-refractivity contribution in [1.82, 2.24) is 40.1 Å². The van der Waals surface area contributed by atoms with Gasteiger partial charge < -0.3 is 15.5 Å². The number of guanidine groups is 1. The van der Waals surface area contributed by atoms with E-state index < -0.39 is 0 Å². The second kappa shape index (κ2) is 8.51. The number of nitrogens with zero attached hydrogens (tertiary/aromatic N) is 7. The number of hydrogen-bond donors (Lipinski definition) is 2. The summed E-state index contributed by atoms with van der Waals surface area (Å²) < 4.78 is 3.87. The molecule has 0 aromatic carbocycles. The average molecular weight is 374 g/mol. The van der Waals surface area contributed by atoms with Crippen molar-refractivity contribution in [3.63, 3.8) is 0 Å². The van der Waals surface area contributed by atoms with Gasteiger partial charge >= 0.3 is 0 Å². The molecule has 0 amide bonds. The van der Waals surface area contributed by atoms with Gasteiger partial charge in [-0.1, -0.05) is 6.92 Å². The third-order valence-electron chi connectivity index (χ3n) is 4.98. The van der Waals surface area contributed by atoms with Gasteiger partial charge in [0.2, 0.25) is 0 Å². The highest BCUT2D eigenvalue weighted by Crippen LogP contribution is 2.16. The number of aliphatic imine (C=N–C) groups is 1. The molecule has 2 unspecified atom stereocenters. The first-order valence-corrected chi connectivity index (χ1v) is 9.54. The number of fused-ring (bicyclic) bond motifs is 1. The van der Waals surface area contributed by atoms with Crippen LogP contribution in [0.1, 0.15) is 36.6 Å². The number of rotatable bonds is 6. The van der Waals surface area contributed by atoms with Crippen LogP contribution >= 0.6 is 0 Å². The summed E-state index contributed by atoms with van der Waals surface area (Å²) in [5, 5.41) is 15.9. The fourth-order valence-electron chi connectivity index (χ4n) is 3.42. The molecule has 9 heteroatoms. The van der Waals surface area contributed by atoms with Crippen molar-refractivity contribution in [2.75, 3.05) is 27.7 Å². The average Bonchev–Trinajstić information content (AvgIpc) is 3.26. The fourth-order valence-corrected chi connectivity index (χ4v) is 3.42. The van der Waals surface area contributed by atoms with Gasteiger partial charge in [-0.15, -0.1) is 0 Å². The van der Waals surface area contributed by atoms with Crippen LogP contribution < -0.4 is 10.6 Å². The molecule has 3 heterocycles. The molecule has 148 valence electrons. The zero-order chi connectivity index (χ0) is 19.4. The van der Waals surface area contributed by atoms with Crippen molar-refractivity contribution in [3.05, 3.63) is 29.6 Å². The zero-order valence-electron chi connectivity index (χ0n) is 17.0. The Bertz CT molecular complexity index is 774. The lowest BCUT2D eigenvalue weighted by Crippen LogP contribution is -2.48. The molecule has 3 rings (SSSR count). The van der Waals surface area contributed by atoms with E-state index in [0.29, 0.717) is 6.04 Å². The van der Waals surface area contributed by atoms with Crippen LogP contribution in [-0.2, 0) is 26.4 Å². The molecular weight excluding hydrogens is 342 g/mol. The molecule has 0 bridgehead atoms. The van der Waals surface area contributed by atoms with Crippen LogP contribution in [0.25, 0.3) is 0 Å². The van der Waals surface area contributed by atoms with E-state index in [2.05, 4.69) is 62.9 Å². The Morgan fingerprint density at radius 2 is 2.26 bits per heavy atom. The molecule has 9 nitrogen and oxygen atoms in total. The maximum absolute atomic E-state index is 4.58. The van der Waals surface area contributed by atoms with E-state index in [-0.39, 0.29) is 6.04 Å². The van der Waals surface area contributed by atoms with Crippen LogP contribution in [0, 0.1) is 0 Å². The summed E-state index contributed by atoms with van der Waals surface area (Å²) in [5.41, 5.74) is 1.18. The topological polar surface area (TPSA) is 88.2 Å². The summed E-state index contributed by atoms with van der Waals surface area (Å²) in [5.74, 6) is 2.84. The Labute approximate surface area is 160 Å². The molecule has 2 N–H and O–H groups in total. The van der Waals surface area contributed by atoms with Gasteiger partial charge in [-0.25, -0.2) is 9.67 Å². The van der Waals surface area contributed by atoms with Crippen LogP contribution in [0.15, 0.2) is 17.4 Å². The van der Waals surface area contributed by atoms with Gasteiger partial charge in [0.25, 0.3) is 0 Å². The van der Waals surface area contributed by atoms with Gasteiger partial charge in [0.15, 0.2) is 11.8 Å². The lowest BCUT2D eigenvalue weighted by molar-refractivity contribution is 0.297. The molecule has 0 fully saturated rings. The normalized spacial score (nSPS) is 18.4. The predicted octanol–water partition coefficient (Wildman–Crippen LogP) is 0.357. The van der Waals surface area contributed by atoms with Gasteiger partial charge in [-0.3, -0.25) is 9.67 Å². The molecule has 0 saturated heterocycles. The van der Waals surface area contributed by atoms with Gasteiger partial charge in [0.1, 0.15) is 5.82 Å². The second-order valence-electron chi connectivity index (χ2n) is 7.24. The Morgan fingerprint density at radius 1 is 1.44 bits per heavy atom. The lowest BCUT2D eigenvalue weighted by atomic mass is 10.1. The molecule has 0 radical (unpaired) electrons. The standard InChI is InChI=1S/C18H31N9/c1-6-16-23-17-8-7-14(12-27(17)24-16)22-18(19-2)20-10-15(25(3)4)13-9-21-26(5)11-13/h9,11,14-15H,6-8,10,12H2,1-5H3,(H2,19,20,22). The van der Waals surface area contributed by atoms with Crippen LogP contribution in [0.3, 0.4) is 0 Å². The summed E-state index contributed by atoms with van der Waals surface area (Å²) >= 11 is 0. The maximum Gasteiger partial charge on any atom is 0.191 e. The molecule has 2 aromatic heterocycles. The van der Waals surface area contributed by atoms with Crippen LogP contribution in [0.4, 0.5) is 0 Å². The van der Waals surface area contributed by atoms with Gasteiger partial charge in [-0.05, 0) is 20.5 Å². The van der Waals surface area contributed by atoms with E-state index in [4.69, 9.17) is 0 Å². The zero-order valence-corrected chi connectivity index (χ0v) is 17.0. The van der Waals surface area contributed by atoms with Crippen molar-refractivity contribution >= 4 is 5.96 Å². The molecule has 0 spiro atoms. The molecule has 2 aromatic rings. The summed E-state index contributed by atoms with van der Waals surface area (Å²) in [6.07, 6.45) is 6.82. The van der Waals surface area contributed by atoms with E-state index in [9.17, 15) is 0 Å². The van der Waals surface area contributed by atoms with Crippen molar-refractivity contribution in [2.24, 2.45) is 12.0 Å². The fraction of sp³-hybridized carbons (Fsp3) is 0.667. The Hall–Kier alpha value is -2.42. The minimum atomic E-state index is 0.220. The first-order valence-electron chi connectivity index (χ1n) is 9.54. The maximum atomic E-state index is 4.58. The molecule has 0 saturated carbocycles. The van der Waals surface area contributed by atoms with E-state index in [1.54, 1.807) is 0 Å². The largest absolute Gasteiger partial charge is 0.354 e. The smallest absolute Gasteiger partial charge is 0.191 e. The number of aromatic nitrogens is 5. The monoisotopic (exact) mass is 373 g/mol. The van der Waals surface area contributed by atoms with Crippen molar-refractivity contribution in [3.8, 4) is 0 Å². The summed E-state index contributed by atoms with van der Waals surface area (Å²) in [7, 11) is 7.90. The summed E-state index contributed by atoms with van der Waals surface area (Å²) in [6, 6.07) is 0.518. The van der Waals surface area contributed by atoms with Crippen molar-refractivity contribution in [2.45, 2.75) is 44.8 Å². The van der Waals surface area contributed by atoms with E-state index in [1.807, 2.05) is 29.7 Å². The minimum absolute atomic E-state index is 0.220. The van der Waals surface area contributed by atoms with E-state index >= 15 is 0 Å². The van der Waals surface area contributed by atoms with Gasteiger partial charge in [0.05, 0.1) is 18.8 Å². The van der Waals surface area contributed by atoms with Crippen LogP contribution in [-0.4, -0.2) is 69.1 Å². The number of aryl methyl sites for hydroxylation is 3. The lowest BCUT2D eigenvalue weighted by Gasteiger charge is -2.28. The Balaban J connectivity index is 1.57. The Morgan fingerprint density at radius 3 is 2.89 bits per heavy atom. The van der Waals surface area contributed by atoms with Crippen LogP contribution in [0.2, 0.25) is 0 Å². The highest BCUT2D eigenvalue weighted by molar-refractivity contribution is 5.80. The van der Waals surface area contributed by atoms with Crippen molar-refractivity contribution in [1.29, 1.82) is 0 Å². The first kappa shape index (κ1) is 19.3. The quantitative estimate of drug-likeness (QED) is 0.561. The summed E-state index contributed by atoms with van der Waals surface area (Å²) in [6.45, 7) is 3.66. The number of hydrogen-bond acceptors (Lipinski definition) is 5. The molecule has 2 atom stereocenters. The molecule has 27 heavy (non-hydrogen) atoms. The SMILES string of the molecule is CCc1nc2n(n1)CC(NC(=NC)NCC(c1cnn(C)c1)N(C)C)CC2. The Kier molecular flexibility index (Phi) is 6.10. The third-order valence-corrected chi connectivity index (χ3v) is 4.98. The molecule has 1 aliphatic heterocycles. The minimum Gasteiger partial charge on any atom is -0.354 e. The summed E-state index contributed by atoms with van der Waals surface area (Å²) in [4.78, 5) is 11.2. The highest BCUT2D eigenvalue weighted by atomic mass is 15.4. The first-order chi connectivity index (χ1) is 13.0. The highest BCUT2D eigenvalue weighted by Gasteiger charge is 2.23. The predicted molar refractivity (Wildman–Crippen MR) is 106 cm³/mol. The second-order valence-corrected chi connectivity index (χ2v) is 7.24. The van der Waals surface area contributed by atoms with E-state index in [0.717, 1.165) is 50.0 Å². The molecule has 0 aliphatic carbocycles. The van der Waals surface area contributed by atoms with Gasteiger partial charge in [-0.2, -0.15) is 10.2 Å². The number of likely N-dealkylation sites (N-methyl/N-ethyl adjacent to an activating group) is 1.